The van der Waals surface area contributed by atoms with Gasteiger partial charge in [0, 0.05) is 57.9 Å². The quantitative estimate of drug-likeness (QED) is 0.779. The fourth-order valence-corrected chi connectivity index (χ4v) is 2.48. The van der Waals surface area contributed by atoms with Gasteiger partial charge in [-0.05, 0) is 6.42 Å². The van der Waals surface area contributed by atoms with Crippen LogP contribution in [0.4, 0.5) is 0 Å². The molecular formula is C14H23N3O2. The predicted molar refractivity (Wildman–Crippen MR) is 72.8 cm³/mol. The molecule has 1 amide bonds. The summed E-state index contributed by atoms with van der Waals surface area (Å²) in [6.45, 7) is 5.23. The lowest BCUT2D eigenvalue weighted by Crippen LogP contribution is -2.32. The van der Waals surface area contributed by atoms with Gasteiger partial charge in [-0.25, -0.2) is 4.98 Å². The molecule has 19 heavy (non-hydrogen) atoms. The summed E-state index contributed by atoms with van der Waals surface area (Å²) in [5.74, 6) is 1.75. The van der Waals surface area contributed by atoms with Gasteiger partial charge >= 0.3 is 0 Å². The maximum atomic E-state index is 12.1. The van der Waals surface area contributed by atoms with E-state index in [0.717, 1.165) is 38.4 Å². The molecule has 1 atom stereocenters. The van der Waals surface area contributed by atoms with E-state index in [9.17, 15) is 4.79 Å². The normalized spacial score (nSPS) is 18.7. The zero-order valence-corrected chi connectivity index (χ0v) is 11.8. The Hall–Kier alpha value is -1.36. The molecule has 2 rings (SSSR count). The summed E-state index contributed by atoms with van der Waals surface area (Å²) in [5, 5.41) is 0. The SMILES string of the molecule is CCc1nccn1CCC(=O)N(C)CC1CCOC1. The first-order valence-electron chi connectivity index (χ1n) is 7.02. The lowest BCUT2D eigenvalue weighted by Gasteiger charge is -2.20. The third-order valence-electron chi connectivity index (χ3n) is 3.67. The van der Waals surface area contributed by atoms with E-state index in [1.807, 2.05) is 18.1 Å². The Labute approximate surface area is 114 Å². The number of aryl methyl sites for hydroxylation is 2. The van der Waals surface area contributed by atoms with E-state index in [-0.39, 0.29) is 5.91 Å². The van der Waals surface area contributed by atoms with Gasteiger partial charge in [-0.15, -0.1) is 0 Å². The third kappa shape index (κ3) is 3.80. The van der Waals surface area contributed by atoms with E-state index in [0.29, 0.717) is 18.9 Å². The number of nitrogens with zero attached hydrogens (tertiary/aromatic N) is 3. The maximum absolute atomic E-state index is 12.1. The number of imidazole rings is 1. The highest BCUT2D eigenvalue weighted by molar-refractivity contribution is 5.75. The van der Waals surface area contributed by atoms with Crippen molar-refractivity contribution in [2.45, 2.75) is 32.7 Å². The number of hydrogen-bond acceptors (Lipinski definition) is 3. The Bertz CT molecular complexity index is 411. The zero-order valence-electron chi connectivity index (χ0n) is 11.8. The van der Waals surface area contributed by atoms with E-state index in [2.05, 4.69) is 16.5 Å². The molecule has 0 aromatic carbocycles. The fourth-order valence-electron chi connectivity index (χ4n) is 2.48. The Morgan fingerprint density at radius 2 is 2.47 bits per heavy atom. The molecule has 1 aromatic heterocycles. The van der Waals surface area contributed by atoms with Gasteiger partial charge < -0.3 is 14.2 Å². The van der Waals surface area contributed by atoms with Gasteiger partial charge in [0.25, 0.3) is 0 Å². The van der Waals surface area contributed by atoms with Gasteiger partial charge in [-0.1, -0.05) is 6.92 Å². The number of rotatable bonds is 6. The average molecular weight is 265 g/mol. The first kappa shape index (κ1) is 14.1. The van der Waals surface area contributed by atoms with E-state index in [4.69, 9.17) is 4.74 Å². The number of ether oxygens (including phenoxy) is 1. The summed E-state index contributed by atoms with van der Waals surface area (Å²) in [6.07, 6.45) is 6.24. The molecular weight excluding hydrogens is 242 g/mol. The van der Waals surface area contributed by atoms with E-state index in [1.165, 1.54) is 0 Å². The van der Waals surface area contributed by atoms with Crippen LogP contribution >= 0.6 is 0 Å². The monoisotopic (exact) mass is 265 g/mol. The summed E-state index contributed by atoms with van der Waals surface area (Å²) < 4.78 is 7.40. The van der Waals surface area contributed by atoms with Crippen LogP contribution in [0.1, 0.15) is 25.6 Å². The van der Waals surface area contributed by atoms with Crippen molar-refractivity contribution in [2.24, 2.45) is 5.92 Å². The second-order valence-electron chi connectivity index (χ2n) is 5.14. The van der Waals surface area contributed by atoms with Gasteiger partial charge in [0.05, 0.1) is 6.61 Å². The molecule has 1 saturated heterocycles. The van der Waals surface area contributed by atoms with Crippen LogP contribution in [0, 0.1) is 5.92 Å². The van der Waals surface area contributed by atoms with E-state index in [1.54, 1.807) is 6.20 Å². The second-order valence-corrected chi connectivity index (χ2v) is 5.14. The molecule has 0 bridgehead atoms. The lowest BCUT2D eigenvalue weighted by atomic mass is 10.1. The van der Waals surface area contributed by atoms with Gasteiger partial charge in [-0.2, -0.15) is 0 Å². The van der Waals surface area contributed by atoms with Gasteiger partial charge in [0.2, 0.25) is 5.91 Å². The fraction of sp³-hybridized carbons (Fsp3) is 0.714. The van der Waals surface area contributed by atoms with Crippen molar-refractivity contribution in [3.05, 3.63) is 18.2 Å². The van der Waals surface area contributed by atoms with Gasteiger partial charge in [0.1, 0.15) is 5.82 Å². The first-order chi connectivity index (χ1) is 9.20. The standard InChI is InChI=1S/C14H23N3O2/c1-3-13-15-6-8-17(13)7-4-14(18)16(2)10-12-5-9-19-11-12/h6,8,12H,3-5,7,9-11H2,1-2H3. The molecule has 5 heteroatoms. The van der Waals surface area contributed by atoms with Crippen LogP contribution in [0.2, 0.25) is 0 Å². The maximum Gasteiger partial charge on any atom is 0.224 e. The highest BCUT2D eigenvalue weighted by atomic mass is 16.5. The van der Waals surface area contributed by atoms with Crippen molar-refractivity contribution < 1.29 is 9.53 Å². The average Bonchev–Trinajstić information content (AvgIpc) is 3.06. The number of carbonyl (C=O) groups is 1. The Balaban J connectivity index is 1.77. The summed E-state index contributed by atoms with van der Waals surface area (Å²) >= 11 is 0. The second kappa shape index (κ2) is 6.70. The predicted octanol–water partition coefficient (Wildman–Crippen LogP) is 1.33. The molecule has 1 unspecified atom stereocenters. The zero-order chi connectivity index (χ0) is 13.7. The highest BCUT2D eigenvalue weighted by Crippen LogP contribution is 2.13. The number of amides is 1. The molecule has 1 aromatic rings. The van der Waals surface area contributed by atoms with Gasteiger partial charge in [0.15, 0.2) is 0 Å². The minimum atomic E-state index is 0.197. The summed E-state index contributed by atoms with van der Waals surface area (Å²) in [7, 11) is 1.88. The van der Waals surface area contributed by atoms with Crippen LogP contribution in [-0.4, -0.2) is 47.2 Å². The summed E-state index contributed by atoms with van der Waals surface area (Å²) in [4.78, 5) is 18.2. The molecule has 0 saturated carbocycles. The third-order valence-corrected chi connectivity index (χ3v) is 3.67. The molecule has 106 valence electrons. The summed E-state index contributed by atoms with van der Waals surface area (Å²) in [5.41, 5.74) is 0. The molecule has 1 aliphatic rings. The van der Waals surface area contributed by atoms with Crippen LogP contribution < -0.4 is 0 Å². The first-order valence-corrected chi connectivity index (χ1v) is 7.02. The highest BCUT2D eigenvalue weighted by Gasteiger charge is 2.19. The molecule has 0 N–H and O–H groups in total. The smallest absolute Gasteiger partial charge is 0.224 e. The molecule has 0 spiro atoms. The number of aromatic nitrogens is 2. The van der Waals surface area contributed by atoms with Crippen LogP contribution in [0.25, 0.3) is 0 Å². The van der Waals surface area contributed by atoms with Crippen LogP contribution in [-0.2, 0) is 22.5 Å². The van der Waals surface area contributed by atoms with E-state index >= 15 is 0 Å². The molecule has 0 aliphatic carbocycles. The Morgan fingerprint density at radius 3 is 3.16 bits per heavy atom. The van der Waals surface area contributed by atoms with Crippen molar-refractivity contribution >= 4 is 5.91 Å². The lowest BCUT2D eigenvalue weighted by molar-refractivity contribution is -0.130. The van der Waals surface area contributed by atoms with E-state index < -0.39 is 0 Å². The van der Waals surface area contributed by atoms with Crippen molar-refractivity contribution in [3.8, 4) is 0 Å². The van der Waals surface area contributed by atoms with Crippen LogP contribution in [0.5, 0.6) is 0 Å². The largest absolute Gasteiger partial charge is 0.381 e. The van der Waals surface area contributed by atoms with Crippen molar-refractivity contribution in [2.75, 3.05) is 26.8 Å². The molecule has 1 aliphatic heterocycles. The minimum Gasteiger partial charge on any atom is -0.381 e. The van der Waals surface area contributed by atoms with Crippen LogP contribution in [0.3, 0.4) is 0 Å². The molecule has 5 nitrogen and oxygen atoms in total. The van der Waals surface area contributed by atoms with Gasteiger partial charge in [-0.3, -0.25) is 4.79 Å². The Kier molecular flexibility index (Phi) is 4.96. The van der Waals surface area contributed by atoms with Crippen molar-refractivity contribution in [1.82, 2.24) is 14.5 Å². The van der Waals surface area contributed by atoms with Crippen LogP contribution in [0.15, 0.2) is 12.4 Å². The van der Waals surface area contributed by atoms with Crippen molar-refractivity contribution in [3.63, 3.8) is 0 Å². The number of hydrogen-bond donors (Lipinski definition) is 0. The summed E-state index contributed by atoms with van der Waals surface area (Å²) in [6, 6.07) is 0. The molecule has 1 fully saturated rings. The topological polar surface area (TPSA) is 47.4 Å². The van der Waals surface area contributed by atoms with Crippen molar-refractivity contribution in [1.29, 1.82) is 0 Å². The number of carbonyl (C=O) groups excluding carboxylic acids is 1. The minimum absolute atomic E-state index is 0.197. The molecule has 0 radical (unpaired) electrons. The Morgan fingerprint density at radius 1 is 1.63 bits per heavy atom. The molecule has 2 heterocycles.